The van der Waals surface area contributed by atoms with Crippen molar-refractivity contribution in [3.63, 3.8) is 0 Å². The number of nitrogens with zero attached hydrogens (tertiary/aromatic N) is 1. The molecule has 2 atom stereocenters. The van der Waals surface area contributed by atoms with Crippen LogP contribution in [0.25, 0.3) is 0 Å². The molecule has 2 aromatic rings. The molecular weight excluding hydrogens is 264 g/mol. The molecule has 0 radical (unpaired) electrons. The lowest BCUT2D eigenvalue weighted by Gasteiger charge is -2.36. The van der Waals surface area contributed by atoms with Crippen LogP contribution in [-0.4, -0.2) is 29.7 Å². The average Bonchev–Trinajstić information content (AvgIpc) is 2.94. The number of aromatic amines is 1. The number of piperidine rings is 1. The fourth-order valence-electron chi connectivity index (χ4n) is 3.24. The second-order valence-corrected chi connectivity index (χ2v) is 6.00. The molecule has 1 fully saturated rings. The maximum absolute atomic E-state index is 11.2. The van der Waals surface area contributed by atoms with E-state index >= 15 is 0 Å². The summed E-state index contributed by atoms with van der Waals surface area (Å²) in [4.78, 5) is 13.7. The minimum absolute atomic E-state index is 0.134. The fourth-order valence-corrected chi connectivity index (χ4v) is 3.24. The van der Waals surface area contributed by atoms with Gasteiger partial charge in [0.25, 0.3) is 5.56 Å². The smallest absolute Gasteiger partial charge is 0.280 e. The van der Waals surface area contributed by atoms with E-state index < -0.39 is 0 Å². The third-order valence-electron chi connectivity index (χ3n) is 4.56. The zero-order valence-electron chi connectivity index (χ0n) is 12.4. The molecule has 21 heavy (non-hydrogen) atoms. The Bertz CT molecular complexity index is 617. The highest BCUT2D eigenvalue weighted by molar-refractivity contribution is 5.15. The molecule has 0 aliphatic carbocycles. The Labute approximate surface area is 124 Å². The zero-order chi connectivity index (χ0) is 14.7. The molecule has 1 aromatic heterocycles. The third-order valence-corrected chi connectivity index (χ3v) is 4.56. The first-order chi connectivity index (χ1) is 10.2. The van der Waals surface area contributed by atoms with E-state index in [9.17, 15) is 4.79 Å². The predicted octanol–water partition coefficient (Wildman–Crippen LogP) is 2.78. The van der Waals surface area contributed by atoms with Gasteiger partial charge >= 0.3 is 0 Å². The van der Waals surface area contributed by atoms with E-state index in [-0.39, 0.29) is 5.56 Å². The van der Waals surface area contributed by atoms with Crippen molar-refractivity contribution >= 4 is 0 Å². The van der Waals surface area contributed by atoms with E-state index in [1.807, 2.05) is 0 Å². The molecule has 0 amide bonds. The number of aromatic nitrogens is 1. The van der Waals surface area contributed by atoms with Gasteiger partial charge in [0.05, 0.1) is 0 Å². The number of hydrogen-bond acceptors (Lipinski definition) is 3. The topological polar surface area (TPSA) is 49.2 Å². The van der Waals surface area contributed by atoms with Crippen molar-refractivity contribution in [2.75, 3.05) is 13.6 Å². The lowest BCUT2D eigenvalue weighted by atomic mass is 9.86. The van der Waals surface area contributed by atoms with E-state index in [1.54, 1.807) is 6.07 Å². The van der Waals surface area contributed by atoms with Crippen molar-refractivity contribution in [3.05, 3.63) is 58.1 Å². The number of likely N-dealkylation sites (tertiary alicyclic amines) is 1. The summed E-state index contributed by atoms with van der Waals surface area (Å²) in [5.74, 6) is 1.18. The standard InChI is InChI=1S/C17H22N2O2/c1-19-10-9-14(16-12-17(20)18-21-16)11-15(19)8-7-13-5-3-2-4-6-13/h2-6,12,14-15H,7-11H2,1H3,(H,18,20)/t14-,15-/m0/s1. The lowest BCUT2D eigenvalue weighted by molar-refractivity contribution is 0.149. The molecule has 0 spiro atoms. The second kappa shape index (κ2) is 6.31. The number of H-pyrrole nitrogens is 1. The Morgan fingerprint density at radius 1 is 1.33 bits per heavy atom. The summed E-state index contributed by atoms with van der Waals surface area (Å²) < 4.78 is 5.29. The molecule has 1 saturated heterocycles. The summed E-state index contributed by atoms with van der Waals surface area (Å²) in [7, 11) is 2.19. The lowest BCUT2D eigenvalue weighted by Crippen LogP contribution is -2.39. The van der Waals surface area contributed by atoms with E-state index in [0.29, 0.717) is 12.0 Å². The van der Waals surface area contributed by atoms with Crippen molar-refractivity contribution in [2.24, 2.45) is 0 Å². The molecular formula is C17H22N2O2. The maximum atomic E-state index is 11.2. The van der Waals surface area contributed by atoms with Crippen molar-refractivity contribution in [2.45, 2.75) is 37.6 Å². The van der Waals surface area contributed by atoms with Crippen LogP contribution in [0.15, 0.2) is 45.7 Å². The summed E-state index contributed by atoms with van der Waals surface area (Å²) in [6.07, 6.45) is 4.36. The highest BCUT2D eigenvalue weighted by Gasteiger charge is 2.28. The van der Waals surface area contributed by atoms with Crippen LogP contribution in [0.3, 0.4) is 0 Å². The largest absolute Gasteiger partial charge is 0.383 e. The normalized spacial score (nSPS) is 23.3. The highest BCUT2D eigenvalue weighted by Crippen LogP contribution is 2.31. The molecule has 1 aliphatic heterocycles. The number of rotatable bonds is 4. The van der Waals surface area contributed by atoms with Crippen LogP contribution in [0.5, 0.6) is 0 Å². The van der Waals surface area contributed by atoms with Crippen LogP contribution in [0, 0.1) is 0 Å². The molecule has 1 aromatic carbocycles. The van der Waals surface area contributed by atoms with Gasteiger partial charge in [-0.1, -0.05) is 30.3 Å². The molecule has 2 heterocycles. The number of nitrogens with one attached hydrogen (secondary N) is 1. The van der Waals surface area contributed by atoms with Crippen molar-refractivity contribution in [1.82, 2.24) is 10.1 Å². The summed E-state index contributed by atoms with van der Waals surface area (Å²) in [6, 6.07) is 12.8. The molecule has 4 nitrogen and oxygen atoms in total. The van der Waals surface area contributed by atoms with E-state index in [2.05, 4.69) is 47.4 Å². The van der Waals surface area contributed by atoms with Crippen LogP contribution in [-0.2, 0) is 6.42 Å². The van der Waals surface area contributed by atoms with Gasteiger partial charge in [-0.25, -0.2) is 0 Å². The monoisotopic (exact) mass is 286 g/mol. The maximum Gasteiger partial charge on any atom is 0.280 e. The van der Waals surface area contributed by atoms with Crippen LogP contribution in [0.4, 0.5) is 0 Å². The predicted molar refractivity (Wildman–Crippen MR) is 82.5 cm³/mol. The third kappa shape index (κ3) is 3.45. The van der Waals surface area contributed by atoms with Crippen molar-refractivity contribution in [3.8, 4) is 0 Å². The first-order valence-corrected chi connectivity index (χ1v) is 7.65. The molecule has 1 aliphatic rings. The van der Waals surface area contributed by atoms with Gasteiger partial charge in [0.1, 0.15) is 5.76 Å². The van der Waals surface area contributed by atoms with Gasteiger partial charge in [0.15, 0.2) is 0 Å². The first kappa shape index (κ1) is 14.1. The average molecular weight is 286 g/mol. The van der Waals surface area contributed by atoms with E-state index in [1.165, 1.54) is 5.56 Å². The number of aryl methyl sites for hydroxylation is 1. The number of benzene rings is 1. The summed E-state index contributed by atoms with van der Waals surface area (Å²) >= 11 is 0. The molecule has 112 valence electrons. The Morgan fingerprint density at radius 3 is 2.86 bits per heavy atom. The van der Waals surface area contributed by atoms with Crippen LogP contribution in [0.1, 0.15) is 36.5 Å². The Kier molecular flexibility index (Phi) is 4.25. The molecule has 0 bridgehead atoms. The van der Waals surface area contributed by atoms with Crippen LogP contribution in [0.2, 0.25) is 0 Å². The summed E-state index contributed by atoms with van der Waals surface area (Å²) in [6.45, 7) is 1.05. The minimum atomic E-state index is -0.134. The number of hydrogen-bond donors (Lipinski definition) is 1. The minimum Gasteiger partial charge on any atom is -0.383 e. The van der Waals surface area contributed by atoms with E-state index in [0.717, 1.165) is 38.0 Å². The van der Waals surface area contributed by atoms with Gasteiger partial charge in [-0.3, -0.25) is 4.79 Å². The SMILES string of the molecule is CN1CC[C@H](c2cc(=O)[nH]o2)C[C@@H]1CCc1ccccc1. The Hall–Kier alpha value is -1.81. The van der Waals surface area contributed by atoms with Gasteiger partial charge < -0.3 is 9.42 Å². The van der Waals surface area contributed by atoms with Gasteiger partial charge in [-0.15, -0.1) is 0 Å². The second-order valence-electron chi connectivity index (χ2n) is 6.00. The molecule has 3 rings (SSSR count). The molecule has 4 heteroatoms. The van der Waals surface area contributed by atoms with E-state index in [4.69, 9.17) is 4.52 Å². The fraction of sp³-hybridized carbons (Fsp3) is 0.471. The summed E-state index contributed by atoms with van der Waals surface area (Å²) in [5.41, 5.74) is 1.26. The molecule has 0 unspecified atom stereocenters. The van der Waals surface area contributed by atoms with Crippen molar-refractivity contribution in [1.29, 1.82) is 0 Å². The molecule has 0 saturated carbocycles. The van der Waals surface area contributed by atoms with Gasteiger partial charge in [-0.2, -0.15) is 5.16 Å². The highest BCUT2D eigenvalue weighted by atomic mass is 16.5. The zero-order valence-corrected chi connectivity index (χ0v) is 12.4. The Morgan fingerprint density at radius 2 is 2.14 bits per heavy atom. The van der Waals surface area contributed by atoms with Crippen LogP contribution >= 0.6 is 0 Å². The first-order valence-electron chi connectivity index (χ1n) is 7.65. The Balaban J connectivity index is 1.62. The summed E-state index contributed by atoms with van der Waals surface area (Å²) in [5, 5.41) is 2.41. The van der Waals surface area contributed by atoms with Crippen molar-refractivity contribution < 1.29 is 4.52 Å². The molecule has 1 N–H and O–H groups in total. The van der Waals surface area contributed by atoms with Gasteiger partial charge in [-0.05, 0) is 44.8 Å². The van der Waals surface area contributed by atoms with Crippen LogP contribution < -0.4 is 5.56 Å². The van der Waals surface area contributed by atoms with Gasteiger partial charge in [0.2, 0.25) is 0 Å². The quantitative estimate of drug-likeness (QED) is 0.940. The van der Waals surface area contributed by atoms with Gasteiger partial charge in [0, 0.05) is 18.0 Å².